The summed E-state index contributed by atoms with van der Waals surface area (Å²) in [6.45, 7) is 4.93. The third kappa shape index (κ3) is 3.91. The largest absolute Gasteiger partial charge is 0.337 e. The Labute approximate surface area is 157 Å². The lowest BCUT2D eigenvalue weighted by molar-refractivity contribution is 0.0641. The summed E-state index contributed by atoms with van der Waals surface area (Å²) >= 11 is 0. The lowest BCUT2D eigenvalue weighted by Crippen LogP contribution is -2.41. The first-order chi connectivity index (χ1) is 12.8. The summed E-state index contributed by atoms with van der Waals surface area (Å²) < 4.78 is 28.0. The number of Topliss-reactive ketones (excluding diaryl/α,β-unsaturated/α-hetero) is 1. The minimum Gasteiger partial charge on any atom is -0.337 e. The number of hydrogen-bond donors (Lipinski definition) is 0. The third-order valence-electron chi connectivity index (χ3n) is 5.07. The van der Waals surface area contributed by atoms with Gasteiger partial charge >= 0.3 is 0 Å². The van der Waals surface area contributed by atoms with Crippen molar-refractivity contribution < 1.29 is 18.4 Å². The molecule has 1 amide bonds. The fourth-order valence-corrected chi connectivity index (χ4v) is 3.36. The molecule has 1 aliphatic heterocycles. The lowest BCUT2D eigenvalue weighted by Gasteiger charge is -2.31. The van der Waals surface area contributed by atoms with Gasteiger partial charge in [0.15, 0.2) is 17.4 Å². The van der Waals surface area contributed by atoms with E-state index in [0.717, 1.165) is 17.8 Å². The molecule has 0 aliphatic carbocycles. The number of rotatable bonds is 4. The summed E-state index contributed by atoms with van der Waals surface area (Å²) in [6, 6.07) is 5.03. The molecule has 1 saturated heterocycles. The van der Waals surface area contributed by atoms with Crippen molar-refractivity contribution in [3.63, 3.8) is 0 Å². The van der Waals surface area contributed by atoms with E-state index in [2.05, 4.69) is 5.10 Å². The molecule has 5 nitrogen and oxygen atoms in total. The molecule has 1 aliphatic rings. The Balaban J connectivity index is 1.65. The standard InChI is InChI=1S/C20H23F2N3O2/c1-12(2)17-11-18(24(3)23-17)20(27)25-8-6-13(7-9-25)19(26)14-4-5-15(21)16(22)10-14/h4-5,10-13H,6-9H2,1-3H3. The van der Waals surface area contributed by atoms with Crippen molar-refractivity contribution in [1.29, 1.82) is 0 Å². The summed E-state index contributed by atoms with van der Waals surface area (Å²) in [5, 5.41) is 4.37. The van der Waals surface area contributed by atoms with Gasteiger partial charge in [-0.15, -0.1) is 0 Å². The SMILES string of the molecule is CC(C)c1cc(C(=O)N2CCC(C(=O)c3ccc(F)c(F)c3)CC2)n(C)n1. The molecule has 2 aromatic rings. The zero-order valence-corrected chi connectivity index (χ0v) is 15.7. The smallest absolute Gasteiger partial charge is 0.272 e. The van der Waals surface area contributed by atoms with Crippen LogP contribution in [0.3, 0.4) is 0 Å². The van der Waals surface area contributed by atoms with Crippen molar-refractivity contribution >= 4 is 11.7 Å². The van der Waals surface area contributed by atoms with Gasteiger partial charge in [-0.3, -0.25) is 14.3 Å². The number of aromatic nitrogens is 2. The van der Waals surface area contributed by atoms with E-state index in [9.17, 15) is 18.4 Å². The number of aryl methyl sites for hydroxylation is 1. The molecule has 0 N–H and O–H groups in total. The van der Waals surface area contributed by atoms with Gasteiger partial charge in [-0.2, -0.15) is 5.10 Å². The fraction of sp³-hybridized carbons (Fsp3) is 0.450. The van der Waals surface area contributed by atoms with Crippen LogP contribution in [0.4, 0.5) is 8.78 Å². The highest BCUT2D eigenvalue weighted by Gasteiger charge is 2.30. The highest BCUT2D eigenvalue weighted by atomic mass is 19.2. The molecule has 0 saturated carbocycles. The molecular weight excluding hydrogens is 352 g/mol. The van der Waals surface area contributed by atoms with Crippen molar-refractivity contribution in [2.45, 2.75) is 32.6 Å². The normalized spacial score (nSPS) is 15.4. The number of piperidine rings is 1. The monoisotopic (exact) mass is 375 g/mol. The van der Waals surface area contributed by atoms with Crippen LogP contribution >= 0.6 is 0 Å². The van der Waals surface area contributed by atoms with E-state index in [1.54, 1.807) is 16.6 Å². The number of likely N-dealkylation sites (tertiary alicyclic amines) is 1. The second-order valence-corrected chi connectivity index (χ2v) is 7.29. The topological polar surface area (TPSA) is 55.2 Å². The maximum Gasteiger partial charge on any atom is 0.272 e. The first-order valence-electron chi connectivity index (χ1n) is 9.10. The molecule has 3 rings (SSSR count). The number of hydrogen-bond acceptors (Lipinski definition) is 3. The molecule has 1 aromatic carbocycles. The highest BCUT2D eigenvalue weighted by Crippen LogP contribution is 2.24. The average molecular weight is 375 g/mol. The molecule has 0 radical (unpaired) electrons. The maximum absolute atomic E-state index is 13.4. The van der Waals surface area contributed by atoms with E-state index in [1.807, 2.05) is 19.9 Å². The Kier molecular flexibility index (Phi) is 5.39. The van der Waals surface area contributed by atoms with Crippen LogP contribution in [0.1, 0.15) is 59.1 Å². The third-order valence-corrected chi connectivity index (χ3v) is 5.07. The number of amides is 1. The van der Waals surface area contributed by atoms with Crippen LogP contribution in [0, 0.1) is 17.6 Å². The van der Waals surface area contributed by atoms with E-state index in [-0.39, 0.29) is 29.1 Å². The number of carbonyl (C=O) groups is 2. The van der Waals surface area contributed by atoms with Gasteiger partial charge in [0.05, 0.1) is 5.69 Å². The quantitative estimate of drug-likeness (QED) is 0.768. The van der Waals surface area contributed by atoms with E-state index >= 15 is 0 Å². The predicted molar refractivity (Wildman–Crippen MR) is 96.6 cm³/mol. The molecule has 144 valence electrons. The predicted octanol–water partition coefficient (Wildman–Crippen LogP) is 3.56. The van der Waals surface area contributed by atoms with Gasteiger partial charge in [-0.25, -0.2) is 8.78 Å². The zero-order chi connectivity index (χ0) is 19.7. The molecule has 0 bridgehead atoms. The second kappa shape index (κ2) is 7.58. The highest BCUT2D eigenvalue weighted by molar-refractivity contribution is 5.98. The minimum absolute atomic E-state index is 0.101. The van der Waals surface area contributed by atoms with Crippen LogP contribution in [0.15, 0.2) is 24.3 Å². The Bertz CT molecular complexity index is 868. The number of benzene rings is 1. The van der Waals surface area contributed by atoms with Crippen LogP contribution in [-0.4, -0.2) is 39.5 Å². The van der Waals surface area contributed by atoms with Crippen LogP contribution < -0.4 is 0 Å². The van der Waals surface area contributed by atoms with E-state index in [0.29, 0.717) is 31.6 Å². The lowest BCUT2D eigenvalue weighted by atomic mass is 9.88. The van der Waals surface area contributed by atoms with E-state index in [4.69, 9.17) is 0 Å². The molecule has 0 unspecified atom stereocenters. The molecule has 0 atom stereocenters. The molecule has 2 heterocycles. The summed E-state index contributed by atoms with van der Waals surface area (Å²) in [7, 11) is 1.75. The maximum atomic E-state index is 13.4. The summed E-state index contributed by atoms with van der Waals surface area (Å²) in [6.07, 6.45) is 0.997. The van der Waals surface area contributed by atoms with Gasteiger partial charge in [-0.1, -0.05) is 13.8 Å². The van der Waals surface area contributed by atoms with Crippen LogP contribution in [0.5, 0.6) is 0 Å². The molecule has 1 fully saturated rings. The first-order valence-corrected chi connectivity index (χ1v) is 9.10. The Morgan fingerprint density at radius 2 is 1.78 bits per heavy atom. The molecular formula is C20H23F2N3O2. The zero-order valence-electron chi connectivity index (χ0n) is 15.7. The average Bonchev–Trinajstić information content (AvgIpc) is 3.05. The van der Waals surface area contributed by atoms with Crippen molar-refractivity contribution in [3.8, 4) is 0 Å². The molecule has 0 spiro atoms. The van der Waals surface area contributed by atoms with Gasteiger partial charge in [0.1, 0.15) is 5.69 Å². The van der Waals surface area contributed by atoms with Gasteiger partial charge < -0.3 is 4.90 Å². The van der Waals surface area contributed by atoms with Crippen molar-refractivity contribution in [2.24, 2.45) is 13.0 Å². The van der Waals surface area contributed by atoms with Gasteiger partial charge in [0.25, 0.3) is 5.91 Å². The summed E-state index contributed by atoms with van der Waals surface area (Å²) in [5.41, 5.74) is 1.57. The van der Waals surface area contributed by atoms with Crippen LogP contribution in [-0.2, 0) is 7.05 Å². The molecule has 7 heteroatoms. The number of halogens is 2. The van der Waals surface area contributed by atoms with E-state index in [1.165, 1.54) is 6.07 Å². The van der Waals surface area contributed by atoms with Crippen molar-refractivity contribution in [3.05, 3.63) is 52.9 Å². The van der Waals surface area contributed by atoms with Gasteiger partial charge in [0.2, 0.25) is 0 Å². The Hall–Kier alpha value is -2.57. The second-order valence-electron chi connectivity index (χ2n) is 7.29. The van der Waals surface area contributed by atoms with Crippen LogP contribution in [0.25, 0.3) is 0 Å². The van der Waals surface area contributed by atoms with Gasteiger partial charge in [-0.05, 0) is 43.0 Å². The van der Waals surface area contributed by atoms with Crippen LogP contribution in [0.2, 0.25) is 0 Å². The summed E-state index contributed by atoms with van der Waals surface area (Å²) in [5.74, 6) is -2.36. The van der Waals surface area contributed by atoms with Crippen molar-refractivity contribution in [1.82, 2.24) is 14.7 Å². The minimum atomic E-state index is -1.02. The summed E-state index contributed by atoms with van der Waals surface area (Å²) in [4.78, 5) is 27.0. The Morgan fingerprint density at radius 1 is 1.11 bits per heavy atom. The number of ketones is 1. The molecule has 1 aromatic heterocycles. The number of nitrogens with zero attached hydrogens (tertiary/aromatic N) is 3. The van der Waals surface area contributed by atoms with Gasteiger partial charge in [0, 0.05) is 31.6 Å². The van der Waals surface area contributed by atoms with Crippen molar-refractivity contribution in [2.75, 3.05) is 13.1 Å². The first kappa shape index (κ1) is 19.2. The number of carbonyl (C=O) groups excluding carboxylic acids is 2. The molecule has 27 heavy (non-hydrogen) atoms. The fourth-order valence-electron chi connectivity index (χ4n) is 3.36. The van der Waals surface area contributed by atoms with E-state index < -0.39 is 11.6 Å². The Morgan fingerprint density at radius 3 is 2.33 bits per heavy atom.